The Balaban J connectivity index is 1.68. The van der Waals surface area contributed by atoms with Gasteiger partial charge in [-0.15, -0.1) is 0 Å². The number of rotatable bonds is 4. The van der Waals surface area contributed by atoms with Gasteiger partial charge in [0.1, 0.15) is 11.9 Å². The number of amides is 2. The zero-order valence-corrected chi connectivity index (χ0v) is 14.1. The summed E-state index contributed by atoms with van der Waals surface area (Å²) in [7, 11) is 0. The van der Waals surface area contributed by atoms with Crippen molar-refractivity contribution >= 4 is 23.4 Å². The van der Waals surface area contributed by atoms with Gasteiger partial charge in [-0.25, -0.2) is 9.18 Å². The van der Waals surface area contributed by atoms with Crippen LogP contribution in [0.25, 0.3) is 0 Å². The number of benzene rings is 1. The number of cyclic esters (lactones) is 1. The monoisotopic (exact) mass is 351 g/mol. The first-order valence-corrected chi connectivity index (χ1v) is 8.39. The van der Waals surface area contributed by atoms with Gasteiger partial charge < -0.3 is 20.1 Å². The van der Waals surface area contributed by atoms with Crippen molar-refractivity contribution in [1.82, 2.24) is 5.32 Å². The Hall–Kier alpha value is -2.35. The second-order valence-electron chi connectivity index (χ2n) is 6.41. The van der Waals surface area contributed by atoms with E-state index in [2.05, 4.69) is 5.32 Å². The van der Waals surface area contributed by atoms with E-state index < -0.39 is 18.0 Å². The Morgan fingerprint density at radius 1 is 1.40 bits per heavy atom. The van der Waals surface area contributed by atoms with E-state index in [1.807, 2.05) is 4.90 Å². The van der Waals surface area contributed by atoms with Crippen molar-refractivity contribution < 1.29 is 23.8 Å². The highest BCUT2D eigenvalue weighted by Gasteiger charge is 2.33. The third-order valence-electron chi connectivity index (χ3n) is 4.50. The number of aliphatic hydroxyl groups is 1. The molecule has 3 rings (SSSR count). The number of anilines is 2. The smallest absolute Gasteiger partial charge is 0.414 e. The van der Waals surface area contributed by atoms with Gasteiger partial charge in [-0.3, -0.25) is 9.69 Å². The van der Waals surface area contributed by atoms with Crippen LogP contribution in [0, 0.1) is 5.82 Å². The molecular weight excluding hydrogens is 329 g/mol. The average molecular weight is 351 g/mol. The second-order valence-corrected chi connectivity index (χ2v) is 6.41. The summed E-state index contributed by atoms with van der Waals surface area (Å²) in [6, 6.07) is 4.66. The molecule has 8 heteroatoms. The summed E-state index contributed by atoms with van der Waals surface area (Å²) >= 11 is 0. The zero-order chi connectivity index (χ0) is 18.0. The van der Waals surface area contributed by atoms with E-state index in [1.165, 1.54) is 17.9 Å². The van der Waals surface area contributed by atoms with Crippen LogP contribution < -0.4 is 15.1 Å². The van der Waals surface area contributed by atoms with Crippen LogP contribution in [0.4, 0.5) is 20.6 Å². The number of aliphatic hydroxyl groups excluding tert-OH is 1. The molecule has 2 aliphatic rings. The van der Waals surface area contributed by atoms with Gasteiger partial charge in [0, 0.05) is 20.0 Å². The first-order valence-electron chi connectivity index (χ1n) is 8.39. The van der Waals surface area contributed by atoms with Crippen LogP contribution in [-0.4, -0.2) is 55.5 Å². The molecule has 7 nitrogen and oxygen atoms in total. The number of nitrogens with zero attached hydrogens (tertiary/aromatic N) is 2. The largest absolute Gasteiger partial charge is 0.442 e. The predicted octanol–water partition coefficient (Wildman–Crippen LogP) is 1.25. The standard InChI is InChI=1S/C17H22FN3O4/c1-11(22)19-9-14-10-21(17(24)25-14)12-2-3-16(15(18)8-12)20-6-4-13(23)5-7-20/h2-3,8,13-14,23H,4-7,9-10H2,1H3,(H,19,22). The molecule has 0 radical (unpaired) electrons. The lowest BCUT2D eigenvalue weighted by Crippen LogP contribution is -2.36. The van der Waals surface area contributed by atoms with Crippen LogP contribution in [0.1, 0.15) is 19.8 Å². The fourth-order valence-electron chi connectivity index (χ4n) is 3.12. The number of halogens is 1. The number of hydrogen-bond donors (Lipinski definition) is 2. The molecule has 2 N–H and O–H groups in total. The predicted molar refractivity (Wildman–Crippen MR) is 90.2 cm³/mol. The van der Waals surface area contributed by atoms with Gasteiger partial charge in [0.2, 0.25) is 5.91 Å². The van der Waals surface area contributed by atoms with Crippen LogP contribution in [0.15, 0.2) is 18.2 Å². The van der Waals surface area contributed by atoms with Crippen LogP contribution in [0.5, 0.6) is 0 Å². The van der Waals surface area contributed by atoms with E-state index in [0.29, 0.717) is 37.3 Å². The van der Waals surface area contributed by atoms with Crippen LogP contribution in [0.2, 0.25) is 0 Å². The summed E-state index contributed by atoms with van der Waals surface area (Å²) < 4.78 is 19.7. The van der Waals surface area contributed by atoms with Crippen molar-refractivity contribution in [3.05, 3.63) is 24.0 Å². The maximum absolute atomic E-state index is 14.5. The second kappa shape index (κ2) is 7.26. The molecule has 2 fully saturated rings. The molecule has 2 aliphatic heterocycles. The van der Waals surface area contributed by atoms with Crippen LogP contribution in [0.3, 0.4) is 0 Å². The molecule has 0 aromatic heterocycles. The molecule has 2 saturated heterocycles. The lowest BCUT2D eigenvalue weighted by atomic mass is 10.1. The van der Waals surface area contributed by atoms with Crippen molar-refractivity contribution in [2.45, 2.75) is 32.0 Å². The van der Waals surface area contributed by atoms with E-state index in [4.69, 9.17) is 4.74 Å². The molecule has 1 atom stereocenters. The SMILES string of the molecule is CC(=O)NCC1CN(c2ccc(N3CCC(O)CC3)c(F)c2)C(=O)O1. The minimum Gasteiger partial charge on any atom is -0.442 e. The van der Waals surface area contributed by atoms with E-state index in [-0.39, 0.29) is 25.1 Å². The number of piperidine rings is 1. The molecule has 1 aromatic rings. The lowest BCUT2D eigenvalue weighted by molar-refractivity contribution is -0.119. The first kappa shape index (κ1) is 17.5. The van der Waals surface area contributed by atoms with Gasteiger partial charge in [-0.1, -0.05) is 0 Å². The molecule has 0 aliphatic carbocycles. The summed E-state index contributed by atoms with van der Waals surface area (Å²) in [6.07, 6.45) is -0.0978. The zero-order valence-electron chi connectivity index (χ0n) is 14.1. The Morgan fingerprint density at radius 2 is 2.12 bits per heavy atom. The summed E-state index contributed by atoms with van der Waals surface area (Å²) in [4.78, 5) is 26.2. The van der Waals surface area contributed by atoms with Crippen molar-refractivity contribution in [3.8, 4) is 0 Å². The van der Waals surface area contributed by atoms with Crippen molar-refractivity contribution in [2.75, 3.05) is 36.0 Å². The van der Waals surface area contributed by atoms with Crippen LogP contribution >= 0.6 is 0 Å². The topological polar surface area (TPSA) is 82.1 Å². The van der Waals surface area contributed by atoms with Gasteiger partial charge in [0.05, 0.1) is 30.6 Å². The molecule has 2 amide bonds. The van der Waals surface area contributed by atoms with E-state index in [0.717, 1.165) is 0 Å². The van der Waals surface area contributed by atoms with Gasteiger partial charge in [-0.2, -0.15) is 0 Å². The Bertz CT molecular complexity index is 661. The van der Waals surface area contributed by atoms with E-state index in [9.17, 15) is 19.1 Å². The highest BCUT2D eigenvalue weighted by molar-refractivity contribution is 5.90. The molecule has 1 unspecified atom stereocenters. The third kappa shape index (κ3) is 4.01. The Kier molecular flexibility index (Phi) is 5.08. The minimum atomic E-state index is -0.552. The number of hydrogen-bond acceptors (Lipinski definition) is 5. The van der Waals surface area contributed by atoms with Crippen molar-refractivity contribution in [1.29, 1.82) is 0 Å². The third-order valence-corrected chi connectivity index (χ3v) is 4.50. The first-order chi connectivity index (χ1) is 11.9. The highest BCUT2D eigenvalue weighted by Crippen LogP contribution is 2.29. The van der Waals surface area contributed by atoms with Gasteiger partial charge in [0.25, 0.3) is 0 Å². The van der Waals surface area contributed by atoms with Crippen LogP contribution in [-0.2, 0) is 9.53 Å². The summed E-state index contributed by atoms with van der Waals surface area (Å²) in [5.41, 5.74) is 0.895. The Labute approximate surface area is 145 Å². The average Bonchev–Trinajstić information content (AvgIpc) is 2.95. The quantitative estimate of drug-likeness (QED) is 0.853. The fourth-order valence-corrected chi connectivity index (χ4v) is 3.12. The molecule has 0 spiro atoms. The van der Waals surface area contributed by atoms with E-state index >= 15 is 0 Å². The van der Waals surface area contributed by atoms with Crippen molar-refractivity contribution in [3.63, 3.8) is 0 Å². The molecule has 2 heterocycles. The van der Waals surface area contributed by atoms with E-state index in [1.54, 1.807) is 12.1 Å². The van der Waals surface area contributed by atoms with Gasteiger partial charge in [0.15, 0.2) is 0 Å². The summed E-state index contributed by atoms with van der Waals surface area (Å²) in [5, 5.41) is 12.2. The molecule has 0 bridgehead atoms. The fraction of sp³-hybridized carbons (Fsp3) is 0.529. The number of ether oxygens (including phenoxy) is 1. The number of carbonyl (C=O) groups is 2. The lowest BCUT2D eigenvalue weighted by Gasteiger charge is -2.32. The molecular formula is C17H22FN3O4. The van der Waals surface area contributed by atoms with Crippen molar-refractivity contribution in [2.24, 2.45) is 0 Å². The molecule has 136 valence electrons. The molecule has 25 heavy (non-hydrogen) atoms. The summed E-state index contributed by atoms with van der Waals surface area (Å²) in [5.74, 6) is -0.608. The number of carbonyl (C=O) groups excluding carboxylic acids is 2. The molecule has 0 saturated carbocycles. The maximum Gasteiger partial charge on any atom is 0.414 e. The van der Waals surface area contributed by atoms with Gasteiger partial charge in [-0.05, 0) is 31.0 Å². The maximum atomic E-state index is 14.5. The molecule has 1 aromatic carbocycles. The normalized spacial score (nSPS) is 21.4. The van der Waals surface area contributed by atoms with Gasteiger partial charge >= 0.3 is 6.09 Å². The minimum absolute atomic E-state index is 0.198. The highest BCUT2D eigenvalue weighted by atomic mass is 19.1. The summed E-state index contributed by atoms with van der Waals surface area (Å²) in [6.45, 7) is 3.08. The Morgan fingerprint density at radius 3 is 2.76 bits per heavy atom. The number of nitrogens with one attached hydrogen (secondary N) is 1.